The molecule has 1 unspecified atom stereocenters. The molecule has 2 aromatic rings. The maximum Gasteiger partial charge on any atom is 0.257 e. The molecule has 3 amide bonds. The number of rotatable bonds is 8. The summed E-state index contributed by atoms with van der Waals surface area (Å²) in [7, 11) is 3.08. The highest BCUT2D eigenvalue weighted by Crippen LogP contribution is 2.28. The molecule has 4 rings (SSSR count). The minimum Gasteiger partial charge on any atom is -0.497 e. The van der Waals surface area contributed by atoms with E-state index in [0.717, 1.165) is 18.0 Å². The van der Waals surface area contributed by atoms with Gasteiger partial charge < -0.3 is 19.1 Å². The molecule has 2 aliphatic rings. The third-order valence-electron chi connectivity index (χ3n) is 6.17. The highest BCUT2D eigenvalue weighted by Gasteiger charge is 2.44. The Kier molecular flexibility index (Phi) is 7.44. The molecule has 2 saturated heterocycles. The van der Waals surface area contributed by atoms with E-state index in [1.807, 2.05) is 0 Å². The van der Waals surface area contributed by atoms with Crippen molar-refractivity contribution in [2.24, 2.45) is 0 Å². The minimum atomic E-state index is -0.880. The van der Waals surface area contributed by atoms with Crippen LogP contribution in [0.25, 0.3) is 0 Å². The number of carbonyl (C=O) groups is 3. The second-order valence-corrected chi connectivity index (χ2v) is 8.17. The average Bonchev–Trinajstić information content (AvgIpc) is 3.18. The first kappa shape index (κ1) is 23.7. The summed E-state index contributed by atoms with van der Waals surface area (Å²) in [5.74, 6) is 0.116. The third-order valence-corrected chi connectivity index (χ3v) is 6.17. The van der Waals surface area contributed by atoms with E-state index >= 15 is 0 Å². The summed E-state index contributed by atoms with van der Waals surface area (Å²) in [4.78, 5) is 44.8. The number of anilines is 1. The Hall–Kier alpha value is -3.43. The fraction of sp³-hybridized carbons (Fsp3) is 0.400. The van der Waals surface area contributed by atoms with Crippen LogP contribution in [0.5, 0.6) is 11.5 Å². The predicted molar refractivity (Wildman–Crippen MR) is 125 cm³/mol. The Balaban J connectivity index is 1.59. The SMILES string of the molecule is COc1ccc(N2C(=O)CC(N(CCN3CCOCC3)C(=O)c3cccc(OC)c3)C2=O)cc1. The lowest BCUT2D eigenvalue weighted by molar-refractivity contribution is -0.122. The van der Waals surface area contributed by atoms with Crippen LogP contribution in [0.1, 0.15) is 16.8 Å². The lowest BCUT2D eigenvalue weighted by Gasteiger charge is -2.32. The molecule has 1 atom stereocenters. The van der Waals surface area contributed by atoms with Gasteiger partial charge in [0.25, 0.3) is 11.8 Å². The Morgan fingerprint density at radius 1 is 1.03 bits per heavy atom. The van der Waals surface area contributed by atoms with E-state index in [1.165, 1.54) is 12.0 Å². The van der Waals surface area contributed by atoms with Crippen molar-refractivity contribution in [3.63, 3.8) is 0 Å². The number of ether oxygens (including phenoxy) is 3. The van der Waals surface area contributed by atoms with Gasteiger partial charge in [0.15, 0.2) is 0 Å². The van der Waals surface area contributed by atoms with E-state index < -0.39 is 11.9 Å². The summed E-state index contributed by atoms with van der Waals surface area (Å²) in [6.07, 6.45) is -0.0658. The molecule has 0 aromatic heterocycles. The highest BCUT2D eigenvalue weighted by molar-refractivity contribution is 6.23. The van der Waals surface area contributed by atoms with Crippen molar-refractivity contribution in [3.05, 3.63) is 54.1 Å². The van der Waals surface area contributed by atoms with Crippen LogP contribution in [-0.4, -0.2) is 87.2 Å². The summed E-state index contributed by atoms with van der Waals surface area (Å²) in [6.45, 7) is 3.69. The Labute approximate surface area is 198 Å². The zero-order chi connectivity index (χ0) is 24.1. The first-order valence-corrected chi connectivity index (χ1v) is 11.3. The van der Waals surface area contributed by atoms with Gasteiger partial charge in [0.05, 0.1) is 39.5 Å². The van der Waals surface area contributed by atoms with Crippen molar-refractivity contribution < 1.29 is 28.6 Å². The van der Waals surface area contributed by atoms with Crippen molar-refractivity contribution in [1.82, 2.24) is 9.80 Å². The first-order chi connectivity index (χ1) is 16.5. The second-order valence-electron chi connectivity index (χ2n) is 8.17. The fourth-order valence-electron chi connectivity index (χ4n) is 4.26. The minimum absolute atomic E-state index is 0.0658. The number of imide groups is 1. The number of carbonyl (C=O) groups excluding carboxylic acids is 3. The van der Waals surface area contributed by atoms with Crippen LogP contribution >= 0.6 is 0 Å². The zero-order valence-corrected chi connectivity index (χ0v) is 19.4. The van der Waals surface area contributed by atoms with Gasteiger partial charge in [0, 0.05) is 31.7 Å². The van der Waals surface area contributed by atoms with E-state index in [2.05, 4.69) is 4.90 Å². The van der Waals surface area contributed by atoms with Crippen molar-refractivity contribution in [2.75, 3.05) is 58.5 Å². The molecule has 0 aliphatic carbocycles. The van der Waals surface area contributed by atoms with Gasteiger partial charge >= 0.3 is 0 Å². The number of amides is 3. The van der Waals surface area contributed by atoms with Gasteiger partial charge in [-0.1, -0.05) is 6.07 Å². The van der Waals surface area contributed by atoms with Gasteiger partial charge in [0.2, 0.25) is 5.91 Å². The standard InChI is InChI=1S/C25H29N3O6/c1-32-20-8-6-19(7-9-20)28-23(29)17-22(25(28)31)27(11-10-26-12-14-34-15-13-26)24(30)18-4-3-5-21(16-18)33-2/h3-9,16,22H,10-15,17H2,1-2H3. The molecule has 2 aliphatic heterocycles. The number of morpholine rings is 1. The molecule has 2 aromatic carbocycles. The molecule has 9 heteroatoms. The maximum absolute atomic E-state index is 13.6. The van der Waals surface area contributed by atoms with Gasteiger partial charge in [-0.05, 0) is 42.5 Å². The van der Waals surface area contributed by atoms with Crippen LogP contribution in [-0.2, 0) is 14.3 Å². The molecule has 0 saturated carbocycles. The number of hydrogen-bond donors (Lipinski definition) is 0. The summed E-state index contributed by atoms with van der Waals surface area (Å²) in [6, 6.07) is 12.7. The molecule has 2 heterocycles. The smallest absolute Gasteiger partial charge is 0.257 e. The number of methoxy groups -OCH3 is 2. The quantitative estimate of drug-likeness (QED) is 0.547. The highest BCUT2D eigenvalue weighted by atomic mass is 16.5. The monoisotopic (exact) mass is 467 g/mol. The molecule has 180 valence electrons. The van der Waals surface area contributed by atoms with Crippen molar-refractivity contribution in [3.8, 4) is 11.5 Å². The molecule has 0 N–H and O–H groups in total. The summed E-state index contributed by atoms with van der Waals surface area (Å²) < 4.78 is 15.8. The first-order valence-electron chi connectivity index (χ1n) is 11.3. The van der Waals surface area contributed by atoms with Gasteiger partial charge in [-0.3, -0.25) is 19.3 Å². The number of nitrogens with zero attached hydrogens (tertiary/aromatic N) is 3. The van der Waals surface area contributed by atoms with Gasteiger partial charge in [-0.2, -0.15) is 0 Å². The van der Waals surface area contributed by atoms with E-state index in [0.29, 0.717) is 49.1 Å². The molecule has 0 radical (unpaired) electrons. The van der Waals surface area contributed by atoms with Crippen LogP contribution < -0.4 is 14.4 Å². The fourth-order valence-corrected chi connectivity index (χ4v) is 4.26. The Morgan fingerprint density at radius 3 is 2.41 bits per heavy atom. The Morgan fingerprint density at radius 2 is 1.74 bits per heavy atom. The normalized spacial score (nSPS) is 18.8. The van der Waals surface area contributed by atoms with Crippen LogP contribution in [0.4, 0.5) is 5.69 Å². The molecule has 34 heavy (non-hydrogen) atoms. The summed E-state index contributed by atoms with van der Waals surface area (Å²) >= 11 is 0. The molecule has 9 nitrogen and oxygen atoms in total. The predicted octanol–water partition coefficient (Wildman–Crippen LogP) is 1.81. The topological polar surface area (TPSA) is 88.6 Å². The van der Waals surface area contributed by atoms with Crippen LogP contribution in [0.3, 0.4) is 0 Å². The lowest BCUT2D eigenvalue weighted by atomic mass is 10.1. The molecule has 0 bridgehead atoms. The summed E-state index contributed by atoms with van der Waals surface area (Å²) in [5, 5.41) is 0. The molecular weight excluding hydrogens is 438 g/mol. The van der Waals surface area contributed by atoms with Crippen LogP contribution in [0, 0.1) is 0 Å². The van der Waals surface area contributed by atoms with Crippen LogP contribution in [0.2, 0.25) is 0 Å². The summed E-state index contributed by atoms with van der Waals surface area (Å²) in [5.41, 5.74) is 0.865. The number of benzene rings is 2. The third kappa shape index (κ3) is 5.05. The van der Waals surface area contributed by atoms with Gasteiger partial charge in [-0.15, -0.1) is 0 Å². The lowest BCUT2D eigenvalue weighted by Crippen LogP contribution is -2.49. The van der Waals surface area contributed by atoms with E-state index in [1.54, 1.807) is 55.6 Å². The zero-order valence-electron chi connectivity index (χ0n) is 19.4. The largest absolute Gasteiger partial charge is 0.497 e. The maximum atomic E-state index is 13.6. The van der Waals surface area contributed by atoms with Crippen LogP contribution in [0.15, 0.2) is 48.5 Å². The van der Waals surface area contributed by atoms with Crippen molar-refractivity contribution in [1.29, 1.82) is 0 Å². The van der Waals surface area contributed by atoms with E-state index in [4.69, 9.17) is 14.2 Å². The van der Waals surface area contributed by atoms with E-state index in [9.17, 15) is 14.4 Å². The van der Waals surface area contributed by atoms with Gasteiger partial charge in [-0.25, -0.2) is 4.90 Å². The van der Waals surface area contributed by atoms with Gasteiger partial charge in [0.1, 0.15) is 17.5 Å². The molecule has 0 spiro atoms. The van der Waals surface area contributed by atoms with E-state index in [-0.39, 0.29) is 18.2 Å². The second kappa shape index (κ2) is 10.7. The average molecular weight is 468 g/mol. The molecular formula is C25H29N3O6. The van der Waals surface area contributed by atoms with Crippen molar-refractivity contribution in [2.45, 2.75) is 12.5 Å². The van der Waals surface area contributed by atoms with Crippen molar-refractivity contribution >= 4 is 23.4 Å². The Bertz CT molecular complexity index is 1040. The number of hydrogen-bond acceptors (Lipinski definition) is 7. The molecule has 2 fully saturated rings.